The minimum Gasteiger partial charge on any atom is -0.497 e. The molecule has 0 radical (unpaired) electrons. The predicted molar refractivity (Wildman–Crippen MR) is 95.7 cm³/mol. The van der Waals surface area contributed by atoms with E-state index in [0.29, 0.717) is 17.0 Å². The summed E-state index contributed by atoms with van der Waals surface area (Å²) < 4.78 is 7.69. The molecule has 3 rings (SSSR count). The smallest absolute Gasteiger partial charge is 0.290 e. The third kappa shape index (κ3) is 3.30. The number of pyridine rings is 1. The normalized spacial score (nSPS) is 11.1. The number of carbonyl (C=O) groups is 1. The zero-order valence-electron chi connectivity index (χ0n) is 13.2. The average Bonchev–Trinajstić information content (AvgIpc) is 2.90. The van der Waals surface area contributed by atoms with Gasteiger partial charge >= 0.3 is 0 Å². The summed E-state index contributed by atoms with van der Waals surface area (Å²) in [6.07, 6.45) is 3.38. The lowest BCUT2D eigenvalue weighted by Gasteiger charge is -2.02. The van der Waals surface area contributed by atoms with Crippen LogP contribution < -0.4 is 10.2 Å². The van der Waals surface area contributed by atoms with Gasteiger partial charge in [0.15, 0.2) is 0 Å². The maximum atomic E-state index is 12.4. The summed E-state index contributed by atoms with van der Waals surface area (Å²) >= 11 is 3.40. The molecule has 0 saturated carbocycles. The Morgan fingerprint density at radius 3 is 2.75 bits per heavy atom. The molecule has 0 spiro atoms. The Bertz CT molecular complexity index is 916. The van der Waals surface area contributed by atoms with Crippen molar-refractivity contribution in [2.24, 2.45) is 5.10 Å². The fourth-order valence-electron chi connectivity index (χ4n) is 2.32. The molecule has 1 N–H and O–H groups in total. The van der Waals surface area contributed by atoms with Crippen LogP contribution in [-0.2, 0) is 0 Å². The van der Waals surface area contributed by atoms with Crippen molar-refractivity contribution >= 4 is 33.7 Å². The number of benzene rings is 1. The summed E-state index contributed by atoms with van der Waals surface area (Å²) in [7, 11) is 1.61. The number of fused-ring (bicyclic) bond motifs is 1. The van der Waals surface area contributed by atoms with Gasteiger partial charge in [-0.1, -0.05) is 0 Å². The van der Waals surface area contributed by atoms with Crippen LogP contribution in [-0.4, -0.2) is 28.6 Å². The summed E-state index contributed by atoms with van der Waals surface area (Å²) in [5, 5.41) is 4.01. The van der Waals surface area contributed by atoms with Crippen LogP contribution in [0.2, 0.25) is 0 Å². The molecule has 0 atom stereocenters. The van der Waals surface area contributed by atoms with Gasteiger partial charge in [0, 0.05) is 10.7 Å². The van der Waals surface area contributed by atoms with Gasteiger partial charge in [-0.3, -0.25) is 9.20 Å². The summed E-state index contributed by atoms with van der Waals surface area (Å²) in [5.74, 6) is 0.450. The monoisotopic (exact) mass is 386 g/mol. The molecule has 24 heavy (non-hydrogen) atoms. The first-order valence-corrected chi connectivity index (χ1v) is 7.99. The standard InChI is InChI=1S/C17H15BrN4O2/c1-11-16(22-10-13(18)5-8-15(22)20-11)17(23)21-19-9-12-3-6-14(24-2)7-4-12/h3-10H,1-2H3,(H,21,23). The Morgan fingerprint density at radius 1 is 1.29 bits per heavy atom. The number of amides is 1. The molecule has 2 heterocycles. The van der Waals surface area contributed by atoms with Gasteiger partial charge in [-0.15, -0.1) is 0 Å². The molecule has 1 aromatic carbocycles. The number of nitrogens with one attached hydrogen (secondary N) is 1. The van der Waals surface area contributed by atoms with Crippen molar-refractivity contribution in [3.63, 3.8) is 0 Å². The van der Waals surface area contributed by atoms with Crippen molar-refractivity contribution in [2.45, 2.75) is 6.92 Å². The second-order valence-corrected chi connectivity index (χ2v) is 6.01. The van der Waals surface area contributed by atoms with E-state index in [0.717, 1.165) is 15.8 Å². The number of hydrazone groups is 1. The molecule has 122 valence electrons. The summed E-state index contributed by atoms with van der Waals surface area (Å²) in [5.41, 5.74) is 5.20. The SMILES string of the molecule is COc1ccc(C=NNC(=O)c2c(C)nc3ccc(Br)cn23)cc1. The number of rotatable bonds is 4. The molecule has 0 aliphatic carbocycles. The van der Waals surface area contributed by atoms with Crippen LogP contribution in [0, 0.1) is 6.92 Å². The number of aryl methyl sites for hydroxylation is 1. The number of methoxy groups -OCH3 is 1. The highest BCUT2D eigenvalue weighted by atomic mass is 79.9. The summed E-state index contributed by atoms with van der Waals surface area (Å²) in [6.45, 7) is 1.79. The molecule has 7 heteroatoms. The number of halogens is 1. The van der Waals surface area contributed by atoms with Gasteiger partial charge in [-0.2, -0.15) is 5.10 Å². The summed E-state index contributed by atoms with van der Waals surface area (Å²) in [6, 6.07) is 11.1. The van der Waals surface area contributed by atoms with Crippen molar-refractivity contribution in [3.8, 4) is 5.75 Å². The van der Waals surface area contributed by atoms with Crippen molar-refractivity contribution in [2.75, 3.05) is 7.11 Å². The van der Waals surface area contributed by atoms with E-state index in [1.807, 2.05) is 36.4 Å². The van der Waals surface area contributed by atoms with Gasteiger partial charge in [0.05, 0.1) is 19.0 Å². The number of imidazole rings is 1. The first-order valence-electron chi connectivity index (χ1n) is 7.20. The molecule has 0 unspecified atom stereocenters. The Hall–Kier alpha value is -2.67. The molecular weight excluding hydrogens is 372 g/mol. The highest BCUT2D eigenvalue weighted by Gasteiger charge is 2.16. The Kier molecular flexibility index (Phi) is 4.61. The van der Waals surface area contributed by atoms with Gasteiger partial charge in [0.2, 0.25) is 0 Å². The summed E-state index contributed by atoms with van der Waals surface area (Å²) in [4.78, 5) is 16.8. The molecule has 3 aromatic rings. The van der Waals surface area contributed by atoms with E-state index in [9.17, 15) is 4.79 Å². The van der Waals surface area contributed by atoms with Crippen LogP contribution in [0.4, 0.5) is 0 Å². The molecule has 0 fully saturated rings. The second kappa shape index (κ2) is 6.84. The van der Waals surface area contributed by atoms with E-state index >= 15 is 0 Å². The molecular formula is C17H15BrN4O2. The quantitative estimate of drug-likeness (QED) is 0.552. The number of hydrogen-bond donors (Lipinski definition) is 1. The van der Waals surface area contributed by atoms with Crippen molar-refractivity contribution in [1.29, 1.82) is 0 Å². The maximum absolute atomic E-state index is 12.4. The minimum absolute atomic E-state index is 0.317. The molecule has 0 saturated heterocycles. The number of nitrogens with zero attached hydrogens (tertiary/aromatic N) is 3. The van der Waals surface area contributed by atoms with E-state index in [1.54, 1.807) is 30.8 Å². The number of hydrogen-bond acceptors (Lipinski definition) is 4. The first-order chi connectivity index (χ1) is 11.6. The third-order valence-corrected chi connectivity index (χ3v) is 3.94. The topological polar surface area (TPSA) is 68.0 Å². The van der Waals surface area contributed by atoms with Gasteiger partial charge in [-0.05, 0) is 64.8 Å². The second-order valence-electron chi connectivity index (χ2n) is 5.09. The number of aromatic nitrogens is 2. The Labute approximate surface area is 147 Å². The molecule has 1 amide bonds. The number of ether oxygens (including phenoxy) is 1. The largest absolute Gasteiger partial charge is 0.497 e. The zero-order valence-corrected chi connectivity index (χ0v) is 14.7. The van der Waals surface area contributed by atoms with Gasteiger partial charge in [0.1, 0.15) is 17.1 Å². The van der Waals surface area contributed by atoms with Crippen molar-refractivity contribution in [3.05, 3.63) is 64.0 Å². The lowest BCUT2D eigenvalue weighted by Crippen LogP contribution is -2.20. The molecule has 0 aliphatic heterocycles. The van der Waals surface area contributed by atoms with Gasteiger partial charge in [0.25, 0.3) is 5.91 Å². The average molecular weight is 387 g/mol. The Balaban J connectivity index is 1.78. The third-order valence-electron chi connectivity index (χ3n) is 3.47. The van der Waals surface area contributed by atoms with Crippen LogP contribution in [0.25, 0.3) is 5.65 Å². The predicted octanol–water partition coefficient (Wildman–Crippen LogP) is 3.18. The van der Waals surface area contributed by atoms with Crippen LogP contribution >= 0.6 is 15.9 Å². The van der Waals surface area contributed by atoms with E-state index in [1.165, 1.54) is 0 Å². The highest BCUT2D eigenvalue weighted by molar-refractivity contribution is 9.10. The number of carbonyl (C=O) groups excluding carboxylic acids is 1. The fourth-order valence-corrected chi connectivity index (χ4v) is 2.66. The van der Waals surface area contributed by atoms with Crippen molar-refractivity contribution in [1.82, 2.24) is 14.8 Å². The molecule has 6 nitrogen and oxygen atoms in total. The van der Waals surface area contributed by atoms with Crippen LogP contribution in [0.5, 0.6) is 5.75 Å². The van der Waals surface area contributed by atoms with Crippen LogP contribution in [0.15, 0.2) is 52.2 Å². The molecule has 0 bridgehead atoms. The van der Waals surface area contributed by atoms with E-state index in [4.69, 9.17) is 4.74 Å². The van der Waals surface area contributed by atoms with Crippen LogP contribution in [0.1, 0.15) is 21.7 Å². The van der Waals surface area contributed by atoms with Crippen LogP contribution in [0.3, 0.4) is 0 Å². The Morgan fingerprint density at radius 2 is 2.04 bits per heavy atom. The lowest BCUT2D eigenvalue weighted by atomic mass is 10.2. The van der Waals surface area contributed by atoms with Gasteiger partial charge < -0.3 is 4.74 Å². The maximum Gasteiger partial charge on any atom is 0.290 e. The van der Waals surface area contributed by atoms with Crippen molar-refractivity contribution < 1.29 is 9.53 Å². The van der Waals surface area contributed by atoms with Gasteiger partial charge in [-0.25, -0.2) is 10.4 Å². The van der Waals surface area contributed by atoms with E-state index in [-0.39, 0.29) is 5.91 Å². The van der Waals surface area contributed by atoms with E-state index in [2.05, 4.69) is 31.4 Å². The molecule has 2 aromatic heterocycles. The van der Waals surface area contributed by atoms with E-state index < -0.39 is 0 Å². The molecule has 0 aliphatic rings. The highest BCUT2D eigenvalue weighted by Crippen LogP contribution is 2.16. The lowest BCUT2D eigenvalue weighted by molar-refractivity contribution is 0.0948. The zero-order chi connectivity index (χ0) is 17.1. The fraction of sp³-hybridized carbons (Fsp3) is 0.118. The first kappa shape index (κ1) is 16.2. The minimum atomic E-state index is -0.317.